The van der Waals surface area contributed by atoms with Crippen molar-refractivity contribution in [3.63, 3.8) is 0 Å². The van der Waals surface area contributed by atoms with E-state index in [0.29, 0.717) is 0 Å². The molecule has 0 bridgehead atoms. The van der Waals surface area contributed by atoms with E-state index in [1.165, 1.54) is 12.1 Å². The zero-order valence-electron chi connectivity index (χ0n) is 8.55. The summed E-state index contributed by atoms with van der Waals surface area (Å²) in [5.74, 6) is 2.10. The van der Waals surface area contributed by atoms with Gasteiger partial charge in [0.15, 0.2) is 0 Å². The molecule has 6 heteroatoms. The van der Waals surface area contributed by atoms with E-state index in [4.69, 9.17) is 0 Å². The summed E-state index contributed by atoms with van der Waals surface area (Å²) < 4.78 is 0. The molecule has 0 aromatic heterocycles. The maximum atomic E-state index is 10.4. The highest BCUT2D eigenvalue weighted by Crippen LogP contribution is 2.17. The molecule has 0 radical (unpaired) electrons. The molecule has 0 amide bonds. The normalized spacial score (nSPS) is 17.6. The first-order valence-corrected chi connectivity index (χ1v) is 6.05. The molecule has 1 aliphatic rings. The maximum Gasteiger partial charge on any atom is 0.269 e. The van der Waals surface area contributed by atoms with Crippen molar-refractivity contribution in [1.29, 1.82) is 0 Å². The first-order valence-electron chi connectivity index (χ1n) is 4.89. The van der Waals surface area contributed by atoms with Gasteiger partial charge in [-0.25, -0.2) is 0 Å². The molecule has 16 heavy (non-hydrogen) atoms. The Morgan fingerprint density at radius 3 is 2.69 bits per heavy atom. The van der Waals surface area contributed by atoms with Crippen LogP contribution in [0.4, 0.5) is 11.4 Å². The van der Waals surface area contributed by atoms with Crippen molar-refractivity contribution in [2.24, 2.45) is 5.10 Å². The first kappa shape index (κ1) is 10.9. The van der Waals surface area contributed by atoms with Crippen LogP contribution >= 0.6 is 11.8 Å². The molecule has 1 fully saturated rings. The number of nitro benzene ring substituents is 1. The minimum atomic E-state index is -0.413. The van der Waals surface area contributed by atoms with Crippen molar-refractivity contribution >= 4 is 28.8 Å². The molecule has 2 rings (SSSR count). The van der Waals surface area contributed by atoms with Crippen molar-refractivity contribution in [2.75, 3.05) is 16.9 Å². The number of rotatable bonds is 3. The lowest BCUT2D eigenvalue weighted by Gasteiger charge is -2.00. The molecule has 1 aliphatic heterocycles. The summed E-state index contributed by atoms with van der Waals surface area (Å²) in [6.07, 6.45) is 1.02. The van der Waals surface area contributed by atoms with Gasteiger partial charge in [0.25, 0.3) is 5.69 Å². The molecule has 0 aliphatic carbocycles. The van der Waals surface area contributed by atoms with Gasteiger partial charge in [0.2, 0.25) is 0 Å². The standard InChI is InChI=1S/C10H11N3O2S/c14-13(15)10-3-1-8(2-4-10)11-12-9-5-6-16-7-9/h1-4,11H,5-7H2/b12-9+. The van der Waals surface area contributed by atoms with Gasteiger partial charge < -0.3 is 0 Å². The van der Waals surface area contributed by atoms with Gasteiger partial charge in [-0.2, -0.15) is 16.9 Å². The SMILES string of the molecule is O=[N+]([O-])c1ccc(N/N=C2\CCSC2)cc1. The smallest absolute Gasteiger partial charge is 0.269 e. The number of non-ortho nitro benzene ring substituents is 1. The fourth-order valence-electron chi connectivity index (χ4n) is 1.34. The second-order valence-corrected chi connectivity index (χ2v) is 4.50. The largest absolute Gasteiger partial charge is 0.279 e. The van der Waals surface area contributed by atoms with E-state index in [0.717, 1.165) is 29.3 Å². The van der Waals surface area contributed by atoms with Crippen LogP contribution in [0, 0.1) is 10.1 Å². The third-order valence-electron chi connectivity index (χ3n) is 2.22. The van der Waals surface area contributed by atoms with Crippen LogP contribution in [0.3, 0.4) is 0 Å². The molecule has 84 valence electrons. The Labute approximate surface area is 97.1 Å². The number of hydrogen-bond acceptors (Lipinski definition) is 5. The highest BCUT2D eigenvalue weighted by molar-refractivity contribution is 8.00. The summed E-state index contributed by atoms with van der Waals surface area (Å²) >= 11 is 1.86. The minimum Gasteiger partial charge on any atom is -0.279 e. The van der Waals surface area contributed by atoms with E-state index in [1.54, 1.807) is 12.1 Å². The van der Waals surface area contributed by atoms with Gasteiger partial charge >= 0.3 is 0 Å². The highest BCUT2D eigenvalue weighted by Gasteiger charge is 2.08. The Morgan fingerprint density at radius 2 is 2.12 bits per heavy atom. The predicted molar refractivity (Wildman–Crippen MR) is 66.1 cm³/mol. The Morgan fingerprint density at radius 1 is 1.38 bits per heavy atom. The van der Waals surface area contributed by atoms with Crippen molar-refractivity contribution in [2.45, 2.75) is 6.42 Å². The van der Waals surface area contributed by atoms with E-state index in [2.05, 4.69) is 10.5 Å². The van der Waals surface area contributed by atoms with Crippen LogP contribution in [-0.2, 0) is 0 Å². The molecular weight excluding hydrogens is 226 g/mol. The van der Waals surface area contributed by atoms with Crippen LogP contribution in [0.2, 0.25) is 0 Å². The maximum absolute atomic E-state index is 10.4. The number of nitrogens with zero attached hydrogens (tertiary/aromatic N) is 2. The second kappa shape index (κ2) is 4.98. The fourth-order valence-corrected chi connectivity index (χ4v) is 2.31. The Balaban J connectivity index is 1.99. The lowest BCUT2D eigenvalue weighted by molar-refractivity contribution is -0.384. The molecule has 0 saturated carbocycles. The topological polar surface area (TPSA) is 67.5 Å². The van der Waals surface area contributed by atoms with Crippen molar-refractivity contribution < 1.29 is 4.92 Å². The third kappa shape index (κ3) is 2.73. The highest BCUT2D eigenvalue weighted by atomic mass is 32.2. The molecule has 1 aromatic rings. The first-order chi connectivity index (χ1) is 7.75. The van der Waals surface area contributed by atoms with Gasteiger partial charge in [-0.05, 0) is 24.3 Å². The number of nitro groups is 1. The number of hydrogen-bond donors (Lipinski definition) is 1. The van der Waals surface area contributed by atoms with E-state index in [-0.39, 0.29) is 5.69 Å². The van der Waals surface area contributed by atoms with Crippen molar-refractivity contribution in [1.82, 2.24) is 0 Å². The number of anilines is 1. The quantitative estimate of drug-likeness (QED) is 0.647. The molecule has 5 nitrogen and oxygen atoms in total. The van der Waals surface area contributed by atoms with E-state index in [9.17, 15) is 10.1 Å². The minimum absolute atomic E-state index is 0.0922. The van der Waals surface area contributed by atoms with Gasteiger partial charge in [0, 0.05) is 23.6 Å². The summed E-state index contributed by atoms with van der Waals surface area (Å²) in [5, 5.41) is 14.7. The van der Waals surface area contributed by atoms with E-state index in [1.807, 2.05) is 11.8 Å². The van der Waals surface area contributed by atoms with Crippen molar-refractivity contribution in [3.8, 4) is 0 Å². The van der Waals surface area contributed by atoms with Crippen LogP contribution in [0.1, 0.15) is 6.42 Å². The average molecular weight is 237 g/mol. The van der Waals surface area contributed by atoms with Crippen LogP contribution in [0.15, 0.2) is 29.4 Å². The summed E-state index contributed by atoms with van der Waals surface area (Å²) in [5.41, 5.74) is 4.91. The molecule has 0 spiro atoms. The monoisotopic (exact) mass is 237 g/mol. The lowest BCUT2D eigenvalue weighted by Crippen LogP contribution is -1.99. The summed E-state index contributed by atoms with van der Waals surface area (Å²) in [7, 11) is 0. The van der Waals surface area contributed by atoms with Gasteiger partial charge in [-0.15, -0.1) is 0 Å². The average Bonchev–Trinajstić information content (AvgIpc) is 2.80. The number of thioether (sulfide) groups is 1. The lowest BCUT2D eigenvalue weighted by atomic mass is 10.3. The summed E-state index contributed by atoms with van der Waals surface area (Å²) in [6, 6.07) is 6.24. The second-order valence-electron chi connectivity index (χ2n) is 3.40. The molecule has 1 saturated heterocycles. The Bertz CT molecular complexity index is 409. The molecule has 0 unspecified atom stereocenters. The van der Waals surface area contributed by atoms with E-state index >= 15 is 0 Å². The van der Waals surface area contributed by atoms with Crippen LogP contribution in [0.5, 0.6) is 0 Å². The number of hydrazone groups is 1. The van der Waals surface area contributed by atoms with Crippen LogP contribution in [0.25, 0.3) is 0 Å². The van der Waals surface area contributed by atoms with Crippen molar-refractivity contribution in [3.05, 3.63) is 34.4 Å². The van der Waals surface area contributed by atoms with Gasteiger partial charge in [0.05, 0.1) is 10.6 Å². The van der Waals surface area contributed by atoms with E-state index < -0.39 is 4.92 Å². The molecular formula is C10H11N3O2S. The molecule has 0 atom stereocenters. The molecule has 1 N–H and O–H groups in total. The zero-order chi connectivity index (χ0) is 11.4. The van der Waals surface area contributed by atoms with Gasteiger partial charge in [-0.3, -0.25) is 15.5 Å². The zero-order valence-corrected chi connectivity index (χ0v) is 9.37. The molecule has 1 aromatic carbocycles. The number of benzene rings is 1. The van der Waals surface area contributed by atoms with Crippen LogP contribution in [-0.4, -0.2) is 22.1 Å². The van der Waals surface area contributed by atoms with Gasteiger partial charge in [0.1, 0.15) is 0 Å². The Kier molecular flexibility index (Phi) is 3.40. The summed E-state index contributed by atoms with van der Waals surface area (Å²) in [6.45, 7) is 0. The fraction of sp³-hybridized carbons (Fsp3) is 0.300. The third-order valence-corrected chi connectivity index (χ3v) is 3.26. The van der Waals surface area contributed by atoms with Crippen LogP contribution < -0.4 is 5.43 Å². The van der Waals surface area contributed by atoms with Gasteiger partial charge in [-0.1, -0.05) is 0 Å². The predicted octanol–water partition coefficient (Wildman–Crippen LogP) is 2.50. The Hall–Kier alpha value is -1.56. The molecule has 1 heterocycles. The summed E-state index contributed by atoms with van der Waals surface area (Å²) in [4.78, 5) is 10.0. The number of nitrogens with one attached hydrogen (secondary N) is 1.